The minimum atomic E-state index is -0.518. The highest BCUT2D eigenvalue weighted by atomic mass is 16.2. The molecule has 0 atom stereocenters. The van der Waals surface area contributed by atoms with Gasteiger partial charge >= 0.3 is 0 Å². The molecular formula is C15H24N4O2. The maximum absolute atomic E-state index is 12.2. The van der Waals surface area contributed by atoms with E-state index in [1.54, 1.807) is 6.07 Å². The van der Waals surface area contributed by atoms with E-state index in [1.165, 1.54) is 0 Å². The number of amides is 2. The zero-order chi connectivity index (χ0) is 15.6. The molecule has 1 fully saturated rings. The van der Waals surface area contributed by atoms with Gasteiger partial charge in [0.05, 0.1) is 0 Å². The number of nitrogens with one attached hydrogen (secondary N) is 1. The highest BCUT2D eigenvalue weighted by Gasteiger charge is 2.27. The maximum Gasteiger partial charge on any atom is 0.269 e. The molecule has 116 valence electrons. The average Bonchev–Trinajstić information content (AvgIpc) is 2.86. The summed E-state index contributed by atoms with van der Waals surface area (Å²) in [5, 5.41) is 6.80. The summed E-state index contributed by atoms with van der Waals surface area (Å²) in [4.78, 5) is 25.2. The molecule has 6 heteroatoms. The lowest BCUT2D eigenvalue weighted by Crippen LogP contribution is -2.39. The number of nitrogens with zero attached hydrogens (tertiary/aromatic N) is 2. The van der Waals surface area contributed by atoms with Gasteiger partial charge in [0.15, 0.2) is 0 Å². The van der Waals surface area contributed by atoms with Gasteiger partial charge in [0.2, 0.25) is 5.91 Å². The third kappa shape index (κ3) is 4.06. The molecule has 0 aliphatic carbocycles. The Hall–Kier alpha value is -1.85. The van der Waals surface area contributed by atoms with Crippen molar-refractivity contribution in [1.82, 2.24) is 15.1 Å². The first-order chi connectivity index (χ1) is 9.76. The predicted octanol–water partition coefficient (Wildman–Crippen LogP) is 1.65. The van der Waals surface area contributed by atoms with E-state index in [4.69, 9.17) is 5.73 Å². The molecule has 0 spiro atoms. The Bertz CT molecular complexity index is 522. The number of rotatable bonds is 3. The molecule has 2 rings (SSSR count). The quantitative estimate of drug-likeness (QED) is 0.887. The number of hydrogen-bond donors (Lipinski definition) is 2. The Balaban J connectivity index is 1.90. The van der Waals surface area contributed by atoms with Gasteiger partial charge in [-0.3, -0.25) is 14.7 Å². The molecule has 3 N–H and O–H groups in total. The minimum Gasteiger partial charge on any atom is -0.364 e. The van der Waals surface area contributed by atoms with Crippen molar-refractivity contribution < 1.29 is 9.59 Å². The normalized spacial score (nSPS) is 17.0. The number of nitrogens with two attached hydrogens (primary N) is 1. The molecule has 0 saturated carbocycles. The van der Waals surface area contributed by atoms with Crippen molar-refractivity contribution in [3.05, 3.63) is 17.5 Å². The Morgan fingerprint density at radius 2 is 2.00 bits per heavy atom. The Labute approximate surface area is 125 Å². The van der Waals surface area contributed by atoms with Gasteiger partial charge in [-0.25, -0.2) is 0 Å². The van der Waals surface area contributed by atoms with Gasteiger partial charge in [0.25, 0.3) is 5.91 Å². The summed E-state index contributed by atoms with van der Waals surface area (Å²) in [7, 11) is 0. The van der Waals surface area contributed by atoms with Crippen molar-refractivity contribution in [2.75, 3.05) is 13.1 Å². The van der Waals surface area contributed by atoms with Crippen LogP contribution < -0.4 is 5.73 Å². The van der Waals surface area contributed by atoms with E-state index in [9.17, 15) is 9.59 Å². The number of aromatic nitrogens is 2. The van der Waals surface area contributed by atoms with E-state index in [0.29, 0.717) is 12.3 Å². The molecule has 0 radical (unpaired) electrons. The minimum absolute atomic E-state index is 0.0215. The molecule has 0 bridgehead atoms. The number of hydrogen-bond acceptors (Lipinski definition) is 3. The van der Waals surface area contributed by atoms with Crippen molar-refractivity contribution in [1.29, 1.82) is 0 Å². The van der Waals surface area contributed by atoms with Gasteiger partial charge in [-0.15, -0.1) is 0 Å². The van der Waals surface area contributed by atoms with E-state index in [1.807, 2.05) is 4.90 Å². The van der Waals surface area contributed by atoms with Crippen LogP contribution in [0.15, 0.2) is 6.07 Å². The molecule has 1 saturated heterocycles. The number of primary amides is 1. The number of carbonyl (C=O) groups excluding carboxylic acids is 2. The fourth-order valence-corrected chi connectivity index (χ4v) is 2.68. The number of H-pyrrole nitrogens is 1. The smallest absolute Gasteiger partial charge is 0.269 e. The highest BCUT2D eigenvalue weighted by Crippen LogP contribution is 2.28. The fourth-order valence-electron chi connectivity index (χ4n) is 2.68. The van der Waals surface area contributed by atoms with Gasteiger partial charge in [-0.05, 0) is 24.3 Å². The van der Waals surface area contributed by atoms with Crippen LogP contribution in [0, 0.1) is 5.41 Å². The van der Waals surface area contributed by atoms with E-state index >= 15 is 0 Å². The summed E-state index contributed by atoms with van der Waals surface area (Å²) in [5.74, 6) is 0.0166. The SMILES string of the molecule is CC(C)(C)CC(=O)N1CCC(c2cc(C(N)=O)n[nH]2)CC1. The first-order valence-corrected chi connectivity index (χ1v) is 7.39. The van der Waals surface area contributed by atoms with Crippen LogP contribution in [0.5, 0.6) is 0 Å². The predicted molar refractivity (Wildman–Crippen MR) is 79.7 cm³/mol. The molecule has 1 aromatic rings. The number of carbonyl (C=O) groups is 2. The van der Waals surface area contributed by atoms with E-state index in [-0.39, 0.29) is 17.0 Å². The van der Waals surface area contributed by atoms with Crippen LogP contribution in [0.4, 0.5) is 0 Å². The van der Waals surface area contributed by atoms with Gasteiger partial charge in [-0.2, -0.15) is 5.10 Å². The van der Waals surface area contributed by atoms with Crippen LogP contribution in [-0.2, 0) is 4.79 Å². The van der Waals surface area contributed by atoms with Crippen LogP contribution in [0.2, 0.25) is 0 Å². The third-order valence-electron chi connectivity index (χ3n) is 3.82. The number of aromatic amines is 1. The third-order valence-corrected chi connectivity index (χ3v) is 3.82. The molecule has 1 aliphatic rings. The molecular weight excluding hydrogens is 268 g/mol. The first-order valence-electron chi connectivity index (χ1n) is 7.39. The van der Waals surface area contributed by atoms with Crippen LogP contribution >= 0.6 is 0 Å². The van der Waals surface area contributed by atoms with Gasteiger partial charge < -0.3 is 10.6 Å². The zero-order valence-electron chi connectivity index (χ0n) is 13.0. The second-order valence-electron chi connectivity index (χ2n) is 6.97. The number of piperidine rings is 1. The molecule has 0 aromatic carbocycles. The van der Waals surface area contributed by atoms with E-state index in [0.717, 1.165) is 31.6 Å². The standard InChI is InChI=1S/C15H24N4O2/c1-15(2,3)9-13(20)19-6-4-10(5-7-19)11-8-12(14(16)21)18-17-11/h8,10H,4-7,9H2,1-3H3,(H2,16,21)(H,17,18). The summed E-state index contributed by atoms with van der Waals surface area (Å²) in [6, 6.07) is 1.72. The topological polar surface area (TPSA) is 92.1 Å². The molecule has 1 aliphatic heterocycles. The molecule has 6 nitrogen and oxygen atoms in total. The van der Waals surface area contributed by atoms with Crippen molar-refractivity contribution in [3.63, 3.8) is 0 Å². The molecule has 1 aromatic heterocycles. The molecule has 2 amide bonds. The monoisotopic (exact) mass is 292 g/mol. The Morgan fingerprint density at radius 3 is 2.48 bits per heavy atom. The second kappa shape index (κ2) is 5.87. The summed E-state index contributed by atoms with van der Waals surface area (Å²) in [6.07, 6.45) is 2.35. The summed E-state index contributed by atoms with van der Waals surface area (Å²) in [6.45, 7) is 7.74. The average molecular weight is 292 g/mol. The largest absolute Gasteiger partial charge is 0.364 e. The lowest BCUT2D eigenvalue weighted by Gasteiger charge is -2.33. The zero-order valence-corrected chi connectivity index (χ0v) is 13.0. The molecule has 2 heterocycles. The van der Waals surface area contributed by atoms with Crippen molar-refractivity contribution in [3.8, 4) is 0 Å². The maximum atomic E-state index is 12.2. The lowest BCUT2D eigenvalue weighted by molar-refractivity contribution is -0.134. The first kappa shape index (κ1) is 15.5. The van der Waals surface area contributed by atoms with Crippen molar-refractivity contribution >= 4 is 11.8 Å². The summed E-state index contributed by atoms with van der Waals surface area (Å²) >= 11 is 0. The van der Waals surface area contributed by atoms with Crippen LogP contribution in [-0.4, -0.2) is 40.0 Å². The van der Waals surface area contributed by atoms with Crippen molar-refractivity contribution in [2.24, 2.45) is 11.1 Å². The number of likely N-dealkylation sites (tertiary alicyclic amines) is 1. The van der Waals surface area contributed by atoms with Gasteiger partial charge in [-0.1, -0.05) is 20.8 Å². The molecule has 21 heavy (non-hydrogen) atoms. The van der Waals surface area contributed by atoms with E-state index in [2.05, 4.69) is 31.0 Å². The van der Waals surface area contributed by atoms with E-state index < -0.39 is 5.91 Å². The second-order valence-corrected chi connectivity index (χ2v) is 6.97. The summed E-state index contributed by atoms with van der Waals surface area (Å²) in [5.41, 5.74) is 6.44. The lowest BCUT2D eigenvalue weighted by atomic mass is 9.89. The van der Waals surface area contributed by atoms with Gasteiger partial charge in [0, 0.05) is 31.1 Å². The van der Waals surface area contributed by atoms with Gasteiger partial charge in [0.1, 0.15) is 5.69 Å². The fraction of sp³-hybridized carbons (Fsp3) is 0.667. The van der Waals surface area contributed by atoms with Crippen molar-refractivity contribution in [2.45, 2.75) is 46.0 Å². The van der Waals surface area contributed by atoms with Crippen LogP contribution in [0.25, 0.3) is 0 Å². The summed E-state index contributed by atoms with van der Waals surface area (Å²) < 4.78 is 0. The Kier molecular flexibility index (Phi) is 4.34. The highest BCUT2D eigenvalue weighted by molar-refractivity contribution is 5.90. The van der Waals surface area contributed by atoms with Crippen LogP contribution in [0.3, 0.4) is 0 Å². The van der Waals surface area contributed by atoms with Crippen LogP contribution in [0.1, 0.15) is 62.1 Å². The Morgan fingerprint density at radius 1 is 1.38 bits per heavy atom. The molecule has 0 unspecified atom stereocenters.